The predicted octanol–water partition coefficient (Wildman–Crippen LogP) is 1.20. The van der Waals surface area contributed by atoms with Crippen molar-refractivity contribution in [1.29, 1.82) is 0 Å². The van der Waals surface area contributed by atoms with Crippen molar-refractivity contribution in [3.63, 3.8) is 0 Å². The average molecular weight is 289 g/mol. The van der Waals surface area contributed by atoms with E-state index in [0.29, 0.717) is 13.1 Å². The van der Waals surface area contributed by atoms with Gasteiger partial charge in [0.2, 0.25) is 0 Å². The van der Waals surface area contributed by atoms with Gasteiger partial charge in [0.05, 0.1) is 11.5 Å². The zero-order valence-corrected chi connectivity index (χ0v) is 12.2. The van der Waals surface area contributed by atoms with Crippen LogP contribution in [-0.2, 0) is 16.4 Å². The molecule has 102 valence electrons. The maximum Gasteiger partial charge on any atom is 0.182 e. The molecular formula is C11H19N3O2S2. The van der Waals surface area contributed by atoms with Crippen LogP contribution in [0.25, 0.3) is 0 Å². The fourth-order valence-electron chi connectivity index (χ4n) is 1.82. The van der Waals surface area contributed by atoms with E-state index >= 15 is 0 Å². The normalized spacial score (nSPS) is 19.8. The molecule has 2 heterocycles. The third kappa shape index (κ3) is 3.93. The van der Waals surface area contributed by atoms with Gasteiger partial charge in [0, 0.05) is 37.3 Å². The molecule has 1 aliphatic heterocycles. The molecule has 0 aromatic carbocycles. The molecule has 1 fully saturated rings. The molecule has 0 bridgehead atoms. The van der Waals surface area contributed by atoms with Crippen LogP contribution in [0.15, 0.2) is 6.20 Å². The lowest BCUT2D eigenvalue weighted by Crippen LogP contribution is -2.39. The van der Waals surface area contributed by atoms with Crippen LogP contribution < -0.4 is 5.32 Å². The lowest BCUT2D eigenvalue weighted by Gasteiger charge is -2.25. The van der Waals surface area contributed by atoms with Crippen molar-refractivity contribution in [2.45, 2.75) is 19.9 Å². The minimum Gasteiger partial charge on any atom is -0.362 e. The van der Waals surface area contributed by atoms with Crippen molar-refractivity contribution in [3.8, 4) is 0 Å². The number of aromatic nitrogens is 1. The first-order chi connectivity index (χ1) is 8.59. The second-order valence-corrected chi connectivity index (χ2v) is 7.91. The van der Waals surface area contributed by atoms with E-state index in [9.17, 15) is 8.42 Å². The maximum atomic E-state index is 11.3. The van der Waals surface area contributed by atoms with Crippen molar-refractivity contribution in [2.24, 2.45) is 0 Å². The highest BCUT2D eigenvalue weighted by Crippen LogP contribution is 2.20. The first-order valence-electron chi connectivity index (χ1n) is 6.20. The van der Waals surface area contributed by atoms with E-state index in [1.54, 1.807) is 11.3 Å². The Kier molecular flexibility index (Phi) is 4.58. The fraction of sp³-hybridized carbons (Fsp3) is 0.727. The number of hydrogen-bond donors (Lipinski definition) is 1. The van der Waals surface area contributed by atoms with Gasteiger partial charge in [-0.15, -0.1) is 11.3 Å². The van der Waals surface area contributed by atoms with Crippen LogP contribution in [0.4, 0.5) is 5.13 Å². The van der Waals surface area contributed by atoms with Gasteiger partial charge in [-0.05, 0) is 6.42 Å². The number of anilines is 1. The molecule has 2 rings (SSSR count). The standard InChI is InChI=1S/C11H19N3O2S2/c1-2-3-12-11-13-8-10(17-11)9-14-4-6-18(15,16)7-5-14/h8H,2-7,9H2,1H3,(H,12,13). The molecule has 1 aliphatic rings. The Morgan fingerprint density at radius 3 is 2.83 bits per heavy atom. The van der Waals surface area contributed by atoms with E-state index in [4.69, 9.17) is 0 Å². The molecule has 18 heavy (non-hydrogen) atoms. The smallest absolute Gasteiger partial charge is 0.182 e. The SMILES string of the molecule is CCCNc1ncc(CN2CCS(=O)(=O)CC2)s1. The van der Waals surface area contributed by atoms with E-state index in [2.05, 4.69) is 22.1 Å². The summed E-state index contributed by atoms with van der Waals surface area (Å²) in [6.45, 7) is 5.14. The molecule has 0 radical (unpaired) electrons. The number of thiazole rings is 1. The van der Waals surface area contributed by atoms with E-state index in [-0.39, 0.29) is 11.5 Å². The zero-order valence-electron chi connectivity index (χ0n) is 10.6. The Bertz CT molecular complexity index is 470. The van der Waals surface area contributed by atoms with Crippen molar-refractivity contribution in [3.05, 3.63) is 11.1 Å². The van der Waals surface area contributed by atoms with Crippen molar-refractivity contribution in [1.82, 2.24) is 9.88 Å². The molecule has 1 aromatic rings. The van der Waals surface area contributed by atoms with Gasteiger partial charge in [-0.1, -0.05) is 6.92 Å². The molecule has 0 atom stereocenters. The van der Waals surface area contributed by atoms with Gasteiger partial charge >= 0.3 is 0 Å². The fourth-order valence-corrected chi connectivity index (χ4v) is 3.98. The third-order valence-electron chi connectivity index (χ3n) is 2.90. The lowest BCUT2D eigenvalue weighted by atomic mass is 10.4. The summed E-state index contributed by atoms with van der Waals surface area (Å²) < 4.78 is 22.6. The first-order valence-corrected chi connectivity index (χ1v) is 8.84. The van der Waals surface area contributed by atoms with Crippen LogP contribution in [0.1, 0.15) is 18.2 Å². The molecule has 5 nitrogen and oxygen atoms in total. The summed E-state index contributed by atoms with van der Waals surface area (Å²) in [4.78, 5) is 7.68. The monoisotopic (exact) mass is 289 g/mol. The number of hydrogen-bond acceptors (Lipinski definition) is 6. The highest BCUT2D eigenvalue weighted by atomic mass is 32.2. The molecule has 1 aromatic heterocycles. The molecule has 0 amide bonds. The summed E-state index contributed by atoms with van der Waals surface area (Å²) in [6, 6.07) is 0. The highest BCUT2D eigenvalue weighted by molar-refractivity contribution is 7.91. The summed E-state index contributed by atoms with van der Waals surface area (Å²) in [6.07, 6.45) is 2.96. The van der Waals surface area contributed by atoms with E-state index in [1.807, 2.05) is 6.20 Å². The van der Waals surface area contributed by atoms with Crippen LogP contribution in [0.2, 0.25) is 0 Å². The Morgan fingerprint density at radius 1 is 1.44 bits per heavy atom. The maximum absolute atomic E-state index is 11.3. The third-order valence-corrected chi connectivity index (χ3v) is 5.45. The van der Waals surface area contributed by atoms with Crippen molar-refractivity contribution >= 4 is 26.3 Å². The summed E-state index contributed by atoms with van der Waals surface area (Å²) >= 11 is 1.65. The van der Waals surface area contributed by atoms with Crippen LogP contribution in [0.3, 0.4) is 0 Å². The van der Waals surface area contributed by atoms with Gasteiger partial charge in [0.1, 0.15) is 0 Å². The molecule has 7 heteroatoms. The van der Waals surface area contributed by atoms with Crippen LogP contribution in [0, 0.1) is 0 Å². The predicted molar refractivity (Wildman–Crippen MR) is 74.8 cm³/mol. The highest BCUT2D eigenvalue weighted by Gasteiger charge is 2.21. The van der Waals surface area contributed by atoms with Crippen LogP contribution in [0.5, 0.6) is 0 Å². The zero-order chi connectivity index (χ0) is 13.0. The van der Waals surface area contributed by atoms with Gasteiger partial charge in [-0.2, -0.15) is 0 Å². The largest absolute Gasteiger partial charge is 0.362 e. The summed E-state index contributed by atoms with van der Waals surface area (Å²) in [5.41, 5.74) is 0. The first kappa shape index (κ1) is 13.8. The average Bonchev–Trinajstić information content (AvgIpc) is 2.77. The number of rotatable bonds is 5. The summed E-state index contributed by atoms with van der Waals surface area (Å²) in [5.74, 6) is 0.569. The van der Waals surface area contributed by atoms with Gasteiger partial charge in [-0.25, -0.2) is 13.4 Å². The summed E-state index contributed by atoms with van der Waals surface area (Å²) in [7, 11) is -2.78. The van der Waals surface area contributed by atoms with E-state index < -0.39 is 9.84 Å². The molecule has 0 spiro atoms. The number of sulfone groups is 1. The molecule has 0 aliphatic carbocycles. The summed E-state index contributed by atoms with van der Waals surface area (Å²) in [5, 5.41) is 4.21. The second kappa shape index (κ2) is 5.99. The second-order valence-electron chi connectivity index (χ2n) is 4.49. The van der Waals surface area contributed by atoms with Crippen molar-refractivity contribution in [2.75, 3.05) is 36.5 Å². The van der Waals surface area contributed by atoms with Gasteiger partial charge in [0.25, 0.3) is 0 Å². The molecule has 1 saturated heterocycles. The topological polar surface area (TPSA) is 62.3 Å². The van der Waals surface area contributed by atoms with E-state index in [1.165, 1.54) is 4.88 Å². The molecular weight excluding hydrogens is 270 g/mol. The van der Waals surface area contributed by atoms with Crippen LogP contribution >= 0.6 is 11.3 Å². The number of nitrogens with one attached hydrogen (secondary N) is 1. The van der Waals surface area contributed by atoms with E-state index in [0.717, 1.165) is 24.6 Å². The van der Waals surface area contributed by atoms with Gasteiger partial charge in [-0.3, -0.25) is 4.90 Å². The Hall–Kier alpha value is -0.660. The molecule has 1 N–H and O–H groups in total. The quantitative estimate of drug-likeness (QED) is 0.882. The minimum absolute atomic E-state index is 0.284. The Morgan fingerprint density at radius 2 is 2.17 bits per heavy atom. The van der Waals surface area contributed by atoms with Gasteiger partial charge in [0.15, 0.2) is 15.0 Å². The van der Waals surface area contributed by atoms with Crippen molar-refractivity contribution < 1.29 is 8.42 Å². The number of nitrogens with zero attached hydrogens (tertiary/aromatic N) is 2. The molecule has 0 unspecified atom stereocenters. The lowest BCUT2D eigenvalue weighted by molar-refractivity contribution is 0.290. The Labute approximate surface area is 112 Å². The molecule has 0 saturated carbocycles. The minimum atomic E-state index is -2.78. The van der Waals surface area contributed by atoms with Crippen LogP contribution in [-0.4, -0.2) is 49.4 Å². The Balaban J connectivity index is 1.84. The van der Waals surface area contributed by atoms with Gasteiger partial charge < -0.3 is 5.32 Å².